The molecule has 0 aromatic rings. The molecule has 0 unspecified atom stereocenters. The molecule has 0 heterocycles. The van der Waals surface area contributed by atoms with E-state index in [1.165, 1.54) is 14.2 Å². The second-order valence-corrected chi connectivity index (χ2v) is 4.60. The lowest BCUT2D eigenvalue weighted by Gasteiger charge is -2.19. The standard InChI is InChI=1S/C6H13O5P/c1-4-5(6(7)8)12(9,10-2)11-3/h5H,4H2,1-3H3,(H,7,8)/t5-/m0/s1. The van der Waals surface area contributed by atoms with Crippen LogP contribution < -0.4 is 0 Å². The minimum atomic E-state index is -3.45. The summed E-state index contributed by atoms with van der Waals surface area (Å²) in [5, 5.41) is 8.64. The number of hydrogen-bond acceptors (Lipinski definition) is 4. The molecule has 0 bridgehead atoms. The van der Waals surface area contributed by atoms with Crippen LogP contribution in [0, 0.1) is 0 Å². The van der Waals surface area contributed by atoms with Crippen LogP contribution in [0.2, 0.25) is 0 Å². The summed E-state index contributed by atoms with van der Waals surface area (Å²) in [4.78, 5) is 10.6. The van der Waals surface area contributed by atoms with Gasteiger partial charge in [0.2, 0.25) is 0 Å². The summed E-state index contributed by atoms with van der Waals surface area (Å²) < 4.78 is 20.6. The topological polar surface area (TPSA) is 72.8 Å². The van der Waals surface area contributed by atoms with Crippen molar-refractivity contribution >= 4 is 13.6 Å². The Bertz CT molecular complexity index is 194. The minimum absolute atomic E-state index is 0.217. The highest BCUT2D eigenvalue weighted by Gasteiger charge is 2.38. The van der Waals surface area contributed by atoms with Gasteiger partial charge in [-0.2, -0.15) is 0 Å². The summed E-state index contributed by atoms with van der Waals surface area (Å²) in [6, 6.07) is 0. The highest BCUT2D eigenvalue weighted by Crippen LogP contribution is 2.52. The molecule has 0 spiro atoms. The molecular weight excluding hydrogens is 183 g/mol. The van der Waals surface area contributed by atoms with E-state index in [4.69, 9.17) is 5.11 Å². The monoisotopic (exact) mass is 196 g/mol. The largest absolute Gasteiger partial charge is 0.481 e. The molecule has 0 saturated carbocycles. The highest BCUT2D eigenvalue weighted by atomic mass is 31.2. The van der Waals surface area contributed by atoms with E-state index in [9.17, 15) is 9.36 Å². The van der Waals surface area contributed by atoms with Gasteiger partial charge in [0, 0.05) is 14.2 Å². The molecule has 1 atom stereocenters. The summed E-state index contributed by atoms with van der Waals surface area (Å²) in [6.45, 7) is 1.61. The number of hydrogen-bond donors (Lipinski definition) is 1. The van der Waals surface area contributed by atoms with Gasteiger partial charge in [-0.25, -0.2) is 0 Å². The molecule has 6 heteroatoms. The van der Waals surface area contributed by atoms with Crippen LogP contribution >= 0.6 is 7.60 Å². The Hall–Kier alpha value is -0.380. The molecule has 0 aromatic heterocycles. The fraction of sp³-hybridized carbons (Fsp3) is 0.833. The van der Waals surface area contributed by atoms with Crippen LogP contribution in [0.3, 0.4) is 0 Å². The maximum atomic E-state index is 11.5. The molecule has 12 heavy (non-hydrogen) atoms. The maximum absolute atomic E-state index is 11.5. The van der Waals surface area contributed by atoms with Crippen LogP contribution in [0.1, 0.15) is 13.3 Å². The summed E-state index contributed by atoms with van der Waals surface area (Å²) >= 11 is 0. The Balaban J connectivity index is 4.68. The molecule has 0 amide bonds. The number of aliphatic carboxylic acids is 1. The van der Waals surface area contributed by atoms with Crippen LogP contribution in [-0.2, 0) is 18.4 Å². The lowest BCUT2D eigenvalue weighted by atomic mass is 10.3. The fourth-order valence-electron chi connectivity index (χ4n) is 0.863. The molecular formula is C6H13O5P. The molecule has 0 aliphatic rings. The fourth-order valence-corrected chi connectivity index (χ4v) is 2.24. The third-order valence-electron chi connectivity index (χ3n) is 1.56. The van der Waals surface area contributed by atoms with Gasteiger partial charge in [-0.15, -0.1) is 0 Å². The molecule has 0 radical (unpaired) electrons. The molecule has 0 fully saturated rings. The molecule has 0 aliphatic heterocycles. The van der Waals surface area contributed by atoms with Gasteiger partial charge in [0.05, 0.1) is 0 Å². The first-order valence-corrected chi connectivity index (χ1v) is 5.07. The Kier molecular flexibility index (Phi) is 4.45. The first-order chi connectivity index (χ1) is 5.51. The first-order valence-electron chi connectivity index (χ1n) is 3.45. The van der Waals surface area contributed by atoms with E-state index in [1.54, 1.807) is 6.92 Å². The lowest BCUT2D eigenvalue weighted by molar-refractivity contribution is -0.137. The lowest BCUT2D eigenvalue weighted by Crippen LogP contribution is -2.21. The summed E-state index contributed by atoms with van der Waals surface area (Å²) in [6.07, 6.45) is 0.217. The van der Waals surface area contributed by atoms with Gasteiger partial charge >= 0.3 is 13.6 Å². The number of carboxylic acid groups (broad SMARTS) is 1. The first kappa shape index (κ1) is 11.6. The van der Waals surface area contributed by atoms with Crippen molar-refractivity contribution in [2.45, 2.75) is 19.0 Å². The van der Waals surface area contributed by atoms with E-state index in [0.29, 0.717) is 0 Å². The molecule has 0 aromatic carbocycles. The third kappa shape index (κ3) is 2.30. The molecule has 0 saturated heterocycles. The third-order valence-corrected chi connectivity index (χ3v) is 3.93. The highest BCUT2D eigenvalue weighted by molar-refractivity contribution is 7.55. The quantitative estimate of drug-likeness (QED) is 0.671. The second kappa shape index (κ2) is 4.60. The Morgan fingerprint density at radius 3 is 2.00 bits per heavy atom. The van der Waals surface area contributed by atoms with Crippen molar-refractivity contribution in [2.75, 3.05) is 14.2 Å². The Morgan fingerprint density at radius 1 is 1.50 bits per heavy atom. The normalized spacial score (nSPS) is 14.2. The zero-order valence-corrected chi connectivity index (χ0v) is 8.21. The van der Waals surface area contributed by atoms with Gasteiger partial charge in [0.15, 0.2) is 5.66 Å². The van der Waals surface area contributed by atoms with Gasteiger partial charge in [0.1, 0.15) is 0 Å². The van der Waals surface area contributed by atoms with Gasteiger partial charge in [-0.05, 0) is 6.42 Å². The van der Waals surface area contributed by atoms with Crippen LogP contribution in [0.5, 0.6) is 0 Å². The molecule has 5 nitrogen and oxygen atoms in total. The smallest absolute Gasteiger partial charge is 0.344 e. The van der Waals surface area contributed by atoms with Crippen molar-refractivity contribution < 1.29 is 23.5 Å². The predicted octanol–water partition coefficient (Wildman–Crippen LogP) is 1.34. The van der Waals surface area contributed by atoms with E-state index in [-0.39, 0.29) is 6.42 Å². The van der Waals surface area contributed by atoms with E-state index < -0.39 is 19.2 Å². The van der Waals surface area contributed by atoms with E-state index in [0.717, 1.165) is 0 Å². The molecule has 72 valence electrons. The molecule has 0 rings (SSSR count). The minimum Gasteiger partial charge on any atom is -0.481 e. The number of carboxylic acids is 1. The van der Waals surface area contributed by atoms with Crippen molar-refractivity contribution in [1.29, 1.82) is 0 Å². The average Bonchev–Trinajstić information content (AvgIpc) is 2.04. The average molecular weight is 196 g/mol. The predicted molar refractivity (Wildman–Crippen MR) is 43.3 cm³/mol. The summed E-state index contributed by atoms with van der Waals surface area (Å²) in [5.74, 6) is -1.16. The van der Waals surface area contributed by atoms with Gasteiger partial charge in [-0.3, -0.25) is 9.36 Å². The number of rotatable bonds is 5. The van der Waals surface area contributed by atoms with Crippen LogP contribution in [0.15, 0.2) is 0 Å². The SMILES string of the molecule is CC[C@@H](C(=O)O)P(=O)(OC)OC. The summed E-state index contributed by atoms with van der Waals surface area (Å²) in [7, 11) is -1.09. The van der Waals surface area contributed by atoms with Crippen molar-refractivity contribution in [1.82, 2.24) is 0 Å². The van der Waals surface area contributed by atoms with E-state index >= 15 is 0 Å². The maximum Gasteiger partial charge on any atom is 0.344 e. The zero-order chi connectivity index (χ0) is 9.78. The van der Waals surface area contributed by atoms with Crippen LogP contribution in [0.4, 0.5) is 0 Å². The Labute approximate surface area is 71.2 Å². The van der Waals surface area contributed by atoms with Gasteiger partial charge < -0.3 is 14.2 Å². The van der Waals surface area contributed by atoms with Crippen molar-refractivity contribution in [3.63, 3.8) is 0 Å². The van der Waals surface area contributed by atoms with Gasteiger partial charge in [0.25, 0.3) is 0 Å². The van der Waals surface area contributed by atoms with Crippen LogP contribution in [-0.4, -0.2) is 31.0 Å². The second-order valence-electron chi connectivity index (χ2n) is 2.17. The molecule has 1 N–H and O–H groups in total. The molecule has 0 aliphatic carbocycles. The zero-order valence-electron chi connectivity index (χ0n) is 7.31. The van der Waals surface area contributed by atoms with Gasteiger partial charge in [-0.1, -0.05) is 6.92 Å². The van der Waals surface area contributed by atoms with Crippen molar-refractivity contribution in [3.8, 4) is 0 Å². The van der Waals surface area contributed by atoms with E-state index in [1.807, 2.05) is 0 Å². The van der Waals surface area contributed by atoms with E-state index in [2.05, 4.69) is 9.05 Å². The Morgan fingerprint density at radius 2 is 1.92 bits per heavy atom. The summed E-state index contributed by atoms with van der Waals surface area (Å²) in [5.41, 5.74) is -1.08. The van der Waals surface area contributed by atoms with Crippen LogP contribution in [0.25, 0.3) is 0 Å². The van der Waals surface area contributed by atoms with Crippen molar-refractivity contribution in [2.24, 2.45) is 0 Å². The van der Waals surface area contributed by atoms with Crippen molar-refractivity contribution in [3.05, 3.63) is 0 Å². The number of carbonyl (C=O) groups is 1.